The van der Waals surface area contributed by atoms with Gasteiger partial charge in [0.15, 0.2) is 6.20 Å². The molecule has 0 aliphatic rings. The molecule has 0 bridgehead atoms. The van der Waals surface area contributed by atoms with Crippen LogP contribution in [0.15, 0.2) is 42.1 Å². The maximum Gasteiger partial charge on any atom is 0.212 e. The number of allylic oxidation sites excluding steroid dienone is 1. The number of nitriles is 2. The fourth-order valence-electron chi connectivity index (χ4n) is 1.78. The van der Waals surface area contributed by atoms with Crippen molar-refractivity contribution in [1.82, 2.24) is 0 Å². The van der Waals surface area contributed by atoms with Crippen LogP contribution < -0.4 is 4.57 Å². The number of para-hydroxylation sites is 1. The molecule has 3 heteroatoms. The second-order valence-corrected chi connectivity index (χ2v) is 3.72. The monoisotopic (exact) mass is 220 g/mol. The van der Waals surface area contributed by atoms with Gasteiger partial charge < -0.3 is 0 Å². The van der Waals surface area contributed by atoms with E-state index in [1.54, 1.807) is 6.08 Å². The number of aryl methyl sites for hydroxylation is 1. The highest BCUT2D eigenvalue weighted by Crippen LogP contribution is 2.13. The molecule has 1 heterocycles. The molecule has 2 rings (SSSR count). The Bertz CT molecular complexity index is 669. The minimum Gasteiger partial charge on any atom is -0.200 e. The largest absolute Gasteiger partial charge is 0.212 e. The van der Waals surface area contributed by atoms with E-state index in [4.69, 9.17) is 10.5 Å². The predicted molar refractivity (Wildman–Crippen MR) is 64.3 cm³/mol. The van der Waals surface area contributed by atoms with Crippen LogP contribution in [0.3, 0.4) is 0 Å². The van der Waals surface area contributed by atoms with Gasteiger partial charge in [-0.2, -0.15) is 10.5 Å². The highest BCUT2D eigenvalue weighted by molar-refractivity contribution is 5.78. The fraction of sp³-hybridized carbons (Fsp3) is 0.0714. The Hall–Kier alpha value is -2.65. The normalized spacial score (nSPS) is 9.35. The molecule has 0 spiro atoms. The molecule has 0 saturated carbocycles. The molecule has 0 unspecified atom stereocenters. The van der Waals surface area contributed by atoms with E-state index in [-0.39, 0.29) is 5.57 Å². The van der Waals surface area contributed by atoms with E-state index in [0.29, 0.717) is 0 Å². The Morgan fingerprint density at radius 2 is 1.94 bits per heavy atom. The molecule has 0 radical (unpaired) electrons. The fourth-order valence-corrected chi connectivity index (χ4v) is 1.78. The highest BCUT2D eigenvalue weighted by atomic mass is 14.9. The lowest BCUT2D eigenvalue weighted by molar-refractivity contribution is -0.645. The molecule has 1 aromatic heterocycles. The molecular weight excluding hydrogens is 210 g/mol. The van der Waals surface area contributed by atoms with Crippen molar-refractivity contribution in [2.75, 3.05) is 0 Å². The van der Waals surface area contributed by atoms with Crippen LogP contribution in [0.1, 0.15) is 5.56 Å². The van der Waals surface area contributed by atoms with Crippen molar-refractivity contribution in [2.45, 2.75) is 0 Å². The van der Waals surface area contributed by atoms with Gasteiger partial charge in [-0.05, 0) is 18.2 Å². The summed E-state index contributed by atoms with van der Waals surface area (Å²) in [6.45, 7) is 0. The van der Waals surface area contributed by atoms with Crippen LogP contribution in [-0.4, -0.2) is 0 Å². The molecule has 3 nitrogen and oxygen atoms in total. The Labute approximate surface area is 99.5 Å². The SMILES string of the molecule is C[n+]1cc(C=C(C#N)C#N)cc2ccccc21. The molecule has 80 valence electrons. The standard InChI is InChI=1S/C14H10N3/c1-17-10-11(6-12(8-15)9-16)7-13-4-2-3-5-14(13)17/h2-7,10H,1H3/q+1. The smallest absolute Gasteiger partial charge is 0.200 e. The van der Waals surface area contributed by atoms with Gasteiger partial charge in [0.25, 0.3) is 0 Å². The van der Waals surface area contributed by atoms with Crippen molar-refractivity contribution in [3.63, 3.8) is 0 Å². The maximum atomic E-state index is 8.72. The second kappa shape index (κ2) is 4.47. The number of rotatable bonds is 1. The number of aromatic nitrogens is 1. The van der Waals surface area contributed by atoms with Crippen LogP contribution in [0.2, 0.25) is 0 Å². The molecule has 0 aliphatic heterocycles. The highest BCUT2D eigenvalue weighted by Gasteiger charge is 2.06. The van der Waals surface area contributed by atoms with Crippen LogP contribution in [0.5, 0.6) is 0 Å². The Balaban J connectivity index is 2.64. The van der Waals surface area contributed by atoms with Gasteiger partial charge >= 0.3 is 0 Å². The van der Waals surface area contributed by atoms with Crippen LogP contribution in [0.25, 0.3) is 17.0 Å². The van der Waals surface area contributed by atoms with Gasteiger partial charge in [-0.3, -0.25) is 0 Å². The summed E-state index contributed by atoms with van der Waals surface area (Å²) in [5, 5.41) is 18.5. The number of fused-ring (bicyclic) bond motifs is 1. The average Bonchev–Trinajstić information content (AvgIpc) is 2.36. The van der Waals surface area contributed by atoms with Gasteiger partial charge in [0.05, 0.1) is 0 Å². The van der Waals surface area contributed by atoms with Crippen molar-refractivity contribution in [3.05, 3.63) is 47.7 Å². The van der Waals surface area contributed by atoms with E-state index < -0.39 is 0 Å². The Morgan fingerprint density at radius 1 is 1.24 bits per heavy atom. The zero-order chi connectivity index (χ0) is 12.3. The first-order chi connectivity index (χ1) is 8.24. The van der Waals surface area contributed by atoms with E-state index in [2.05, 4.69) is 0 Å². The summed E-state index contributed by atoms with van der Waals surface area (Å²) in [5.41, 5.74) is 2.07. The van der Waals surface area contributed by atoms with Crippen LogP contribution in [-0.2, 0) is 7.05 Å². The van der Waals surface area contributed by atoms with Crippen molar-refractivity contribution >= 4 is 17.0 Å². The van der Waals surface area contributed by atoms with Gasteiger partial charge in [-0.1, -0.05) is 12.1 Å². The molecule has 0 fully saturated rings. The van der Waals surface area contributed by atoms with Crippen LogP contribution in [0.4, 0.5) is 0 Å². The van der Waals surface area contributed by atoms with E-state index in [1.807, 2.05) is 60.3 Å². The number of pyridine rings is 1. The van der Waals surface area contributed by atoms with Crippen molar-refractivity contribution in [2.24, 2.45) is 7.05 Å². The van der Waals surface area contributed by atoms with Gasteiger partial charge in [0.2, 0.25) is 5.52 Å². The van der Waals surface area contributed by atoms with Crippen molar-refractivity contribution in [3.8, 4) is 12.1 Å². The third kappa shape index (κ3) is 2.14. The molecule has 0 N–H and O–H groups in total. The lowest BCUT2D eigenvalue weighted by Crippen LogP contribution is -2.28. The third-order valence-corrected chi connectivity index (χ3v) is 2.53. The summed E-state index contributed by atoms with van der Waals surface area (Å²) in [6, 6.07) is 13.7. The molecule has 0 atom stereocenters. The van der Waals surface area contributed by atoms with Gasteiger partial charge in [0.1, 0.15) is 24.8 Å². The number of hydrogen-bond donors (Lipinski definition) is 0. The molecule has 2 aromatic rings. The topological polar surface area (TPSA) is 51.5 Å². The summed E-state index contributed by atoms with van der Waals surface area (Å²) in [4.78, 5) is 0. The van der Waals surface area contributed by atoms with Crippen LogP contribution in [0, 0.1) is 22.7 Å². The summed E-state index contributed by atoms with van der Waals surface area (Å²) < 4.78 is 1.98. The number of benzene rings is 1. The van der Waals surface area contributed by atoms with E-state index in [1.165, 1.54) is 0 Å². The van der Waals surface area contributed by atoms with E-state index in [0.717, 1.165) is 16.5 Å². The average molecular weight is 220 g/mol. The third-order valence-electron chi connectivity index (χ3n) is 2.53. The van der Waals surface area contributed by atoms with Crippen LogP contribution >= 0.6 is 0 Å². The first kappa shape index (κ1) is 10.9. The number of hydrogen-bond acceptors (Lipinski definition) is 2. The minimum absolute atomic E-state index is 0.111. The lowest BCUT2D eigenvalue weighted by Gasteiger charge is -1.98. The molecular formula is C14H10N3+. The summed E-state index contributed by atoms with van der Waals surface area (Å²) in [5.74, 6) is 0. The van der Waals surface area contributed by atoms with E-state index >= 15 is 0 Å². The summed E-state index contributed by atoms with van der Waals surface area (Å²) in [7, 11) is 1.94. The predicted octanol–water partition coefficient (Wildman–Crippen LogP) is 2.09. The molecule has 0 saturated heterocycles. The first-order valence-corrected chi connectivity index (χ1v) is 5.15. The minimum atomic E-state index is 0.111. The molecule has 0 aliphatic carbocycles. The first-order valence-electron chi connectivity index (χ1n) is 5.15. The summed E-state index contributed by atoms with van der Waals surface area (Å²) in [6.07, 6.45) is 3.49. The zero-order valence-corrected chi connectivity index (χ0v) is 9.38. The summed E-state index contributed by atoms with van der Waals surface area (Å²) >= 11 is 0. The second-order valence-electron chi connectivity index (χ2n) is 3.72. The Kier molecular flexibility index (Phi) is 2.85. The Morgan fingerprint density at radius 3 is 2.65 bits per heavy atom. The molecule has 1 aromatic carbocycles. The zero-order valence-electron chi connectivity index (χ0n) is 9.38. The van der Waals surface area contributed by atoms with Gasteiger partial charge in [-0.15, -0.1) is 0 Å². The molecule has 17 heavy (non-hydrogen) atoms. The van der Waals surface area contributed by atoms with Crippen molar-refractivity contribution in [1.29, 1.82) is 10.5 Å². The number of nitrogens with zero attached hydrogens (tertiary/aromatic N) is 3. The van der Waals surface area contributed by atoms with Gasteiger partial charge in [0, 0.05) is 17.0 Å². The maximum absolute atomic E-state index is 8.72. The van der Waals surface area contributed by atoms with Crippen molar-refractivity contribution < 1.29 is 4.57 Å². The van der Waals surface area contributed by atoms with E-state index in [9.17, 15) is 0 Å². The molecule has 0 amide bonds. The lowest BCUT2D eigenvalue weighted by atomic mass is 10.1. The quantitative estimate of drug-likeness (QED) is 0.546. The van der Waals surface area contributed by atoms with Gasteiger partial charge in [-0.25, -0.2) is 4.57 Å².